The van der Waals surface area contributed by atoms with Crippen LogP contribution in [0.15, 0.2) is 30.3 Å². The van der Waals surface area contributed by atoms with Gasteiger partial charge in [0.15, 0.2) is 0 Å². The van der Waals surface area contributed by atoms with Crippen molar-refractivity contribution in [3.8, 4) is 0 Å². The zero-order valence-electron chi connectivity index (χ0n) is 12.7. The zero-order chi connectivity index (χ0) is 14.5. The number of ether oxygens (including phenoxy) is 1. The summed E-state index contributed by atoms with van der Waals surface area (Å²) in [5.74, 6) is 0.435. The van der Waals surface area contributed by atoms with E-state index >= 15 is 0 Å². The number of carbonyl (C=O) groups is 1. The van der Waals surface area contributed by atoms with Crippen molar-refractivity contribution in [1.29, 1.82) is 0 Å². The second-order valence-electron chi connectivity index (χ2n) is 5.76. The summed E-state index contributed by atoms with van der Waals surface area (Å²) in [6, 6.07) is 10.2. The Kier molecular flexibility index (Phi) is 5.18. The van der Waals surface area contributed by atoms with Crippen LogP contribution >= 0.6 is 0 Å². The van der Waals surface area contributed by atoms with Gasteiger partial charge in [-0.3, -0.25) is 4.90 Å². The summed E-state index contributed by atoms with van der Waals surface area (Å²) < 4.78 is 5.32. The number of carbonyl (C=O) groups excluding carboxylic acids is 1. The first-order valence-corrected chi connectivity index (χ1v) is 7.62. The summed E-state index contributed by atoms with van der Waals surface area (Å²) in [5.41, 5.74) is 1.04. The average molecular weight is 275 g/mol. The fourth-order valence-corrected chi connectivity index (χ4v) is 3.17. The van der Waals surface area contributed by atoms with Crippen LogP contribution in [0.3, 0.4) is 0 Å². The third-order valence-corrected chi connectivity index (χ3v) is 4.07. The molecule has 3 heteroatoms. The van der Waals surface area contributed by atoms with Crippen LogP contribution in [0.25, 0.3) is 0 Å². The van der Waals surface area contributed by atoms with Gasteiger partial charge in [0.2, 0.25) is 0 Å². The topological polar surface area (TPSA) is 29.5 Å². The molecule has 0 radical (unpaired) electrons. The number of hydrogen-bond donors (Lipinski definition) is 0. The Morgan fingerprint density at radius 2 is 2.05 bits per heavy atom. The highest BCUT2D eigenvalue weighted by Gasteiger charge is 2.37. The molecule has 0 aliphatic carbocycles. The molecule has 1 aliphatic rings. The minimum Gasteiger partial charge on any atom is -0.465 e. The lowest BCUT2D eigenvalue weighted by molar-refractivity contribution is -0.150. The molecule has 1 aromatic rings. The lowest BCUT2D eigenvalue weighted by Crippen LogP contribution is -2.41. The van der Waals surface area contributed by atoms with Gasteiger partial charge in [0, 0.05) is 6.04 Å². The van der Waals surface area contributed by atoms with E-state index in [-0.39, 0.29) is 12.0 Å². The van der Waals surface area contributed by atoms with E-state index in [0.717, 1.165) is 18.5 Å². The van der Waals surface area contributed by atoms with Crippen LogP contribution in [-0.4, -0.2) is 30.1 Å². The molecule has 3 nitrogen and oxygen atoms in total. The van der Waals surface area contributed by atoms with Crippen molar-refractivity contribution in [1.82, 2.24) is 4.90 Å². The molecule has 0 spiro atoms. The maximum absolute atomic E-state index is 12.4. The maximum Gasteiger partial charge on any atom is 0.328 e. The van der Waals surface area contributed by atoms with Crippen molar-refractivity contribution < 1.29 is 9.53 Å². The van der Waals surface area contributed by atoms with Gasteiger partial charge < -0.3 is 4.74 Å². The van der Waals surface area contributed by atoms with Crippen LogP contribution < -0.4 is 0 Å². The van der Waals surface area contributed by atoms with Gasteiger partial charge in [0.25, 0.3) is 0 Å². The van der Waals surface area contributed by atoms with Crippen LogP contribution in [0.4, 0.5) is 0 Å². The van der Waals surface area contributed by atoms with Crippen molar-refractivity contribution in [2.24, 2.45) is 5.92 Å². The Balaban J connectivity index is 2.29. The van der Waals surface area contributed by atoms with Crippen molar-refractivity contribution in [3.05, 3.63) is 35.9 Å². The van der Waals surface area contributed by atoms with Gasteiger partial charge in [-0.05, 0) is 37.8 Å². The van der Waals surface area contributed by atoms with E-state index in [4.69, 9.17) is 4.74 Å². The molecule has 0 aromatic heterocycles. The molecule has 0 amide bonds. The Morgan fingerprint density at radius 1 is 1.35 bits per heavy atom. The molecule has 2 rings (SSSR count). The molecule has 1 aromatic carbocycles. The van der Waals surface area contributed by atoms with Crippen molar-refractivity contribution >= 4 is 5.97 Å². The summed E-state index contributed by atoms with van der Waals surface area (Å²) in [7, 11) is 0. The fraction of sp³-hybridized carbons (Fsp3) is 0.588. The lowest BCUT2D eigenvalue weighted by Gasteiger charge is -2.33. The van der Waals surface area contributed by atoms with Gasteiger partial charge >= 0.3 is 5.97 Å². The molecule has 2 atom stereocenters. The highest BCUT2D eigenvalue weighted by Crippen LogP contribution is 2.33. The highest BCUT2D eigenvalue weighted by atomic mass is 16.5. The summed E-state index contributed by atoms with van der Waals surface area (Å²) in [6.45, 7) is 7.74. The van der Waals surface area contributed by atoms with Gasteiger partial charge in [-0.1, -0.05) is 44.2 Å². The molecule has 1 saturated heterocycles. The van der Waals surface area contributed by atoms with Crippen LogP contribution in [0, 0.1) is 5.92 Å². The fourth-order valence-electron chi connectivity index (χ4n) is 3.17. The molecule has 1 heterocycles. The molecular weight excluding hydrogens is 250 g/mol. The van der Waals surface area contributed by atoms with Crippen LogP contribution in [0.5, 0.6) is 0 Å². The predicted molar refractivity (Wildman–Crippen MR) is 80.4 cm³/mol. The first kappa shape index (κ1) is 15.0. The molecule has 0 saturated carbocycles. The Bertz CT molecular complexity index is 430. The van der Waals surface area contributed by atoms with Crippen LogP contribution in [-0.2, 0) is 9.53 Å². The Labute approximate surface area is 121 Å². The van der Waals surface area contributed by atoms with E-state index in [1.54, 1.807) is 0 Å². The summed E-state index contributed by atoms with van der Waals surface area (Å²) in [6.07, 6.45) is 2.33. The summed E-state index contributed by atoms with van der Waals surface area (Å²) in [4.78, 5) is 14.8. The molecular formula is C17H25NO2. The number of likely N-dealkylation sites (tertiary alicyclic amines) is 1. The van der Waals surface area contributed by atoms with Crippen molar-refractivity contribution in [3.63, 3.8) is 0 Å². The van der Waals surface area contributed by atoms with Gasteiger partial charge in [0.1, 0.15) is 6.04 Å². The van der Waals surface area contributed by atoms with E-state index in [2.05, 4.69) is 18.7 Å². The Hall–Kier alpha value is -1.35. The number of hydrogen-bond acceptors (Lipinski definition) is 3. The number of benzene rings is 1. The first-order chi connectivity index (χ1) is 9.65. The van der Waals surface area contributed by atoms with E-state index in [1.165, 1.54) is 6.42 Å². The van der Waals surface area contributed by atoms with E-state index in [1.807, 2.05) is 37.3 Å². The maximum atomic E-state index is 12.4. The molecule has 20 heavy (non-hydrogen) atoms. The largest absolute Gasteiger partial charge is 0.465 e. The second kappa shape index (κ2) is 6.89. The van der Waals surface area contributed by atoms with E-state index in [0.29, 0.717) is 18.6 Å². The first-order valence-electron chi connectivity index (χ1n) is 7.62. The molecule has 1 fully saturated rings. The Morgan fingerprint density at radius 3 is 2.65 bits per heavy atom. The molecule has 0 bridgehead atoms. The minimum atomic E-state index is -0.258. The van der Waals surface area contributed by atoms with Crippen molar-refractivity contribution in [2.45, 2.75) is 45.7 Å². The van der Waals surface area contributed by atoms with E-state index < -0.39 is 0 Å². The smallest absolute Gasteiger partial charge is 0.328 e. The molecule has 0 N–H and O–H groups in total. The normalized spacial score (nSPS) is 21.1. The van der Waals surface area contributed by atoms with Crippen LogP contribution in [0.1, 0.15) is 45.2 Å². The minimum absolute atomic E-state index is 0.119. The van der Waals surface area contributed by atoms with Gasteiger partial charge in [-0.25, -0.2) is 4.79 Å². The van der Waals surface area contributed by atoms with E-state index in [9.17, 15) is 4.79 Å². The monoisotopic (exact) mass is 275 g/mol. The third-order valence-electron chi connectivity index (χ3n) is 4.07. The quantitative estimate of drug-likeness (QED) is 0.771. The number of rotatable bonds is 5. The van der Waals surface area contributed by atoms with Gasteiger partial charge in [-0.15, -0.1) is 0 Å². The predicted octanol–water partition coefficient (Wildman–Crippen LogP) is 3.41. The van der Waals surface area contributed by atoms with Gasteiger partial charge in [-0.2, -0.15) is 0 Å². The average Bonchev–Trinajstić information content (AvgIpc) is 2.90. The lowest BCUT2D eigenvalue weighted by atomic mass is 9.98. The number of esters is 1. The summed E-state index contributed by atoms with van der Waals surface area (Å²) in [5, 5.41) is 0. The number of nitrogens with zero attached hydrogens (tertiary/aromatic N) is 1. The summed E-state index contributed by atoms with van der Waals surface area (Å²) >= 11 is 0. The highest BCUT2D eigenvalue weighted by molar-refractivity contribution is 5.77. The molecule has 1 aliphatic heterocycles. The molecule has 110 valence electrons. The van der Waals surface area contributed by atoms with Crippen molar-refractivity contribution in [2.75, 3.05) is 13.2 Å². The third kappa shape index (κ3) is 3.21. The van der Waals surface area contributed by atoms with Crippen LogP contribution in [0.2, 0.25) is 0 Å². The SMILES string of the molecule is CCOC(=O)C(c1ccccc1)N1CCCC1C(C)C. The second-order valence-corrected chi connectivity index (χ2v) is 5.76. The standard InChI is InChI=1S/C17H25NO2/c1-4-20-17(19)16(14-9-6-5-7-10-14)18-12-8-11-15(18)13(2)3/h5-7,9-10,13,15-16H,4,8,11-12H2,1-3H3. The zero-order valence-corrected chi connectivity index (χ0v) is 12.7. The molecule has 2 unspecified atom stereocenters. The van der Waals surface area contributed by atoms with Gasteiger partial charge in [0.05, 0.1) is 6.61 Å².